The SMILES string of the molecule is C#CCOc1ccc(CCNC(=NC)NC2CCN(C(=O)C(C)C)C2)cc1.I. The molecule has 0 aromatic heterocycles. The maximum absolute atomic E-state index is 12.1. The van der Waals surface area contributed by atoms with Crippen molar-refractivity contribution in [3.8, 4) is 18.1 Å². The van der Waals surface area contributed by atoms with Crippen LogP contribution in [0.15, 0.2) is 29.3 Å². The third-order valence-electron chi connectivity index (χ3n) is 4.51. The van der Waals surface area contributed by atoms with E-state index < -0.39 is 0 Å². The van der Waals surface area contributed by atoms with Crippen molar-refractivity contribution in [1.82, 2.24) is 15.5 Å². The first-order valence-electron chi connectivity index (χ1n) is 9.44. The molecule has 1 saturated heterocycles. The fourth-order valence-corrected chi connectivity index (χ4v) is 3.03. The van der Waals surface area contributed by atoms with Crippen molar-refractivity contribution in [2.24, 2.45) is 10.9 Å². The number of hydrogen-bond acceptors (Lipinski definition) is 3. The number of guanidine groups is 1. The van der Waals surface area contributed by atoms with Crippen LogP contribution in [0.3, 0.4) is 0 Å². The van der Waals surface area contributed by atoms with Crippen molar-refractivity contribution >= 4 is 35.8 Å². The van der Waals surface area contributed by atoms with Crippen LogP contribution < -0.4 is 15.4 Å². The number of hydrogen-bond donors (Lipinski definition) is 2. The Morgan fingerprint density at radius 2 is 2.11 bits per heavy atom. The number of nitrogens with zero attached hydrogens (tertiary/aromatic N) is 2. The Kier molecular flexibility index (Phi) is 10.8. The Bertz CT molecular complexity index is 683. The third kappa shape index (κ3) is 7.58. The van der Waals surface area contributed by atoms with Crippen LogP contribution in [-0.2, 0) is 11.2 Å². The van der Waals surface area contributed by atoms with Crippen molar-refractivity contribution in [3.05, 3.63) is 29.8 Å². The molecule has 1 amide bonds. The maximum Gasteiger partial charge on any atom is 0.225 e. The molecule has 0 radical (unpaired) electrons. The minimum Gasteiger partial charge on any atom is -0.481 e. The molecule has 1 atom stereocenters. The summed E-state index contributed by atoms with van der Waals surface area (Å²) in [5, 5.41) is 6.75. The number of nitrogens with one attached hydrogen (secondary N) is 2. The van der Waals surface area contributed by atoms with Gasteiger partial charge in [-0.1, -0.05) is 31.9 Å². The predicted octanol–water partition coefficient (Wildman–Crippen LogP) is 2.28. The van der Waals surface area contributed by atoms with Crippen LogP contribution in [0, 0.1) is 18.3 Å². The van der Waals surface area contributed by atoms with E-state index in [0.29, 0.717) is 0 Å². The van der Waals surface area contributed by atoms with E-state index in [1.807, 2.05) is 43.0 Å². The highest BCUT2D eigenvalue weighted by Gasteiger charge is 2.27. The molecule has 0 saturated carbocycles. The number of likely N-dealkylation sites (tertiary alicyclic amines) is 1. The molecule has 1 aromatic rings. The highest BCUT2D eigenvalue weighted by molar-refractivity contribution is 14.0. The topological polar surface area (TPSA) is 66.0 Å². The van der Waals surface area contributed by atoms with Crippen LogP contribution in [0.25, 0.3) is 0 Å². The Morgan fingerprint density at radius 3 is 2.71 bits per heavy atom. The molecule has 1 aliphatic heterocycles. The zero-order chi connectivity index (χ0) is 19.6. The van der Waals surface area contributed by atoms with Gasteiger partial charge in [0.2, 0.25) is 5.91 Å². The van der Waals surface area contributed by atoms with Crippen LogP contribution in [0.4, 0.5) is 0 Å². The summed E-state index contributed by atoms with van der Waals surface area (Å²) in [5.41, 5.74) is 1.21. The van der Waals surface area contributed by atoms with Gasteiger partial charge in [0.1, 0.15) is 12.4 Å². The van der Waals surface area contributed by atoms with E-state index in [1.165, 1.54) is 5.56 Å². The number of halogens is 1. The Labute approximate surface area is 185 Å². The predicted molar refractivity (Wildman–Crippen MR) is 124 cm³/mol. The summed E-state index contributed by atoms with van der Waals surface area (Å²) >= 11 is 0. The fraction of sp³-hybridized carbons (Fsp3) is 0.524. The molecule has 1 unspecified atom stereocenters. The number of aliphatic imine (C=N–C) groups is 1. The summed E-state index contributed by atoms with van der Waals surface area (Å²) in [7, 11) is 1.76. The van der Waals surface area contributed by atoms with Crippen molar-refractivity contribution in [3.63, 3.8) is 0 Å². The molecule has 2 rings (SSSR count). The van der Waals surface area contributed by atoms with Crippen LogP contribution >= 0.6 is 24.0 Å². The summed E-state index contributed by atoms with van der Waals surface area (Å²) in [5.74, 6) is 4.27. The molecule has 28 heavy (non-hydrogen) atoms. The number of benzene rings is 1. The standard InChI is InChI=1S/C21H30N4O2.HI/c1-5-14-27-19-8-6-17(7-9-19)10-12-23-21(22-4)24-18-11-13-25(15-18)20(26)16(2)3;/h1,6-9,16,18H,10-15H2,2-4H3,(H2,22,23,24);1H. The van der Waals surface area contributed by atoms with E-state index in [2.05, 4.69) is 21.5 Å². The molecule has 154 valence electrons. The van der Waals surface area contributed by atoms with Gasteiger partial charge in [0.25, 0.3) is 0 Å². The molecule has 1 heterocycles. The summed E-state index contributed by atoms with van der Waals surface area (Å²) < 4.78 is 5.38. The van der Waals surface area contributed by atoms with Gasteiger partial charge in [0, 0.05) is 38.6 Å². The van der Waals surface area contributed by atoms with E-state index in [0.717, 1.165) is 44.2 Å². The lowest BCUT2D eigenvalue weighted by molar-refractivity contribution is -0.133. The fourth-order valence-electron chi connectivity index (χ4n) is 3.03. The first-order chi connectivity index (χ1) is 13.0. The van der Waals surface area contributed by atoms with Crippen LogP contribution in [-0.4, -0.2) is 56.1 Å². The van der Waals surface area contributed by atoms with Gasteiger partial charge in [-0.25, -0.2) is 0 Å². The van der Waals surface area contributed by atoms with Crippen molar-refractivity contribution < 1.29 is 9.53 Å². The zero-order valence-corrected chi connectivity index (χ0v) is 19.2. The van der Waals surface area contributed by atoms with Gasteiger partial charge >= 0.3 is 0 Å². The van der Waals surface area contributed by atoms with Gasteiger partial charge in [0.05, 0.1) is 0 Å². The minimum absolute atomic E-state index is 0. The second-order valence-corrected chi connectivity index (χ2v) is 6.95. The summed E-state index contributed by atoms with van der Waals surface area (Å²) in [6, 6.07) is 8.18. The number of ether oxygens (including phenoxy) is 1. The smallest absolute Gasteiger partial charge is 0.225 e. The maximum atomic E-state index is 12.1. The van der Waals surface area contributed by atoms with Crippen molar-refractivity contribution in [1.29, 1.82) is 0 Å². The second-order valence-electron chi connectivity index (χ2n) is 6.95. The molecule has 0 aliphatic carbocycles. The highest BCUT2D eigenvalue weighted by Crippen LogP contribution is 2.13. The Hall–Kier alpha value is -1.95. The highest BCUT2D eigenvalue weighted by atomic mass is 127. The molecule has 1 aliphatic rings. The quantitative estimate of drug-likeness (QED) is 0.262. The molecule has 1 fully saturated rings. The second kappa shape index (κ2) is 12.5. The molecule has 0 bridgehead atoms. The number of amides is 1. The van der Waals surface area contributed by atoms with E-state index in [4.69, 9.17) is 11.2 Å². The first kappa shape index (κ1) is 24.1. The normalized spacial score (nSPS) is 16.3. The van der Waals surface area contributed by atoms with Crippen molar-refractivity contribution in [2.45, 2.75) is 32.7 Å². The zero-order valence-electron chi connectivity index (χ0n) is 16.9. The first-order valence-corrected chi connectivity index (χ1v) is 9.44. The number of rotatable bonds is 7. The largest absolute Gasteiger partial charge is 0.481 e. The lowest BCUT2D eigenvalue weighted by atomic mass is 10.1. The lowest BCUT2D eigenvalue weighted by Crippen LogP contribution is -2.45. The van der Waals surface area contributed by atoms with Gasteiger partial charge in [-0.15, -0.1) is 30.4 Å². The van der Waals surface area contributed by atoms with Gasteiger partial charge in [-0.2, -0.15) is 0 Å². The number of terminal acetylenes is 1. The molecule has 7 heteroatoms. The molecule has 2 N–H and O–H groups in total. The monoisotopic (exact) mass is 498 g/mol. The summed E-state index contributed by atoms with van der Waals surface area (Å²) in [6.45, 7) is 6.47. The van der Waals surface area contributed by atoms with E-state index in [-0.39, 0.29) is 48.5 Å². The summed E-state index contributed by atoms with van der Waals surface area (Å²) in [4.78, 5) is 18.3. The lowest BCUT2D eigenvalue weighted by Gasteiger charge is -2.20. The molecular weight excluding hydrogens is 467 g/mol. The number of carbonyl (C=O) groups excluding carboxylic acids is 1. The van der Waals surface area contributed by atoms with Gasteiger partial charge in [0.15, 0.2) is 5.96 Å². The van der Waals surface area contributed by atoms with Gasteiger partial charge < -0.3 is 20.3 Å². The Balaban J connectivity index is 0.00000392. The molecule has 1 aromatic carbocycles. The van der Waals surface area contributed by atoms with Gasteiger partial charge in [-0.05, 0) is 30.5 Å². The van der Waals surface area contributed by atoms with E-state index in [9.17, 15) is 4.79 Å². The third-order valence-corrected chi connectivity index (χ3v) is 4.51. The van der Waals surface area contributed by atoms with E-state index in [1.54, 1.807) is 7.05 Å². The summed E-state index contributed by atoms with van der Waals surface area (Å²) in [6.07, 6.45) is 7.00. The van der Waals surface area contributed by atoms with Crippen LogP contribution in [0.2, 0.25) is 0 Å². The van der Waals surface area contributed by atoms with Crippen LogP contribution in [0.1, 0.15) is 25.8 Å². The van der Waals surface area contributed by atoms with Gasteiger partial charge in [-0.3, -0.25) is 9.79 Å². The number of carbonyl (C=O) groups is 1. The van der Waals surface area contributed by atoms with Crippen molar-refractivity contribution in [2.75, 3.05) is 33.3 Å². The van der Waals surface area contributed by atoms with Crippen LogP contribution in [0.5, 0.6) is 5.75 Å². The Morgan fingerprint density at radius 1 is 1.39 bits per heavy atom. The molecular formula is C21H31IN4O2. The van der Waals surface area contributed by atoms with E-state index >= 15 is 0 Å². The average Bonchev–Trinajstić information content (AvgIpc) is 3.14. The molecule has 6 nitrogen and oxygen atoms in total. The minimum atomic E-state index is 0. The molecule has 0 spiro atoms. The average molecular weight is 498 g/mol.